The van der Waals surface area contributed by atoms with E-state index >= 15 is 0 Å². The van der Waals surface area contributed by atoms with E-state index in [1.807, 2.05) is 12.4 Å². The van der Waals surface area contributed by atoms with Crippen LogP contribution in [-0.2, 0) is 18.3 Å². The molecule has 0 atom stereocenters. The lowest BCUT2D eigenvalue weighted by Gasteiger charge is -2.28. The first-order valence-electron chi connectivity index (χ1n) is 7.50. The molecule has 2 aromatic rings. The second kappa shape index (κ2) is 4.37. The summed E-state index contributed by atoms with van der Waals surface area (Å²) in [7, 11) is 1.77. The number of H-pyrrole nitrogens is 1. The standard InChI is InChI=1S/C17H20N2O/c1-20-15-5-4-14-12(3-2-6-17(14)7-8-17)13(15)11-16-18-9-10-19-16/h4-5,9-10H,2-3,6-8,11H2,1H3,(H,18,19). The number of hydrogen-bond donors (Lipinski definition) is 1. The van der Waals surface area contributed by atoms with Crippen LogP contribution in [0.25, 0.3) is 0 Å². The minimum atomic E-state index is 0.512. The highest BCUT2D eigenvalue weighted by atomic mass is 16.5. The molecule has 0 radical (unpaired) electrons. The monoisotopic (exact) mass is 268 g/mol. The van der Waals surface area contributed by atoms with Crippen molar-refractivity contribution >= 4 is 0 Å². The van der Waals surface area contributed by atoms with Crippen LogP contribution in [0.3, 0.4) is 0 Å². The van der Waals surface area contributed by atoms with Crippen LogP contribution in [0, 0.1) is 0 Å². The maximum Gasteiger partial charge on any atom is 0.122 e. The number of aromatic amines is 1. The quantitative estimate of drug-likeness (QED) is 0.926. The lowest BCUT2D eigenvalue weighted by atomic mass is 9.77. The van der Waals surface area contributed by atoms with Gasteiger partial charge < -0.3 is 9.72 Å². The highest BCUT2D eigenvalue weighted by molar-refractivity contribution is 5.52. The summed E-state index contributed by atoms with van der Waals surface area (Å²) < 4.78 is 5.61. The summed E-state index contributed by atoms with van der Waals surface area (Å²) >= 11 is 0. The molecule has 104 valence electrons. The van der Waals surface area contributed by atoms with Crippen molar-refractivity contribution in [3.8, 4) is 5.75 Å². The van der Waals surface area contributed by atoms with Crippen LogP contribution in [0.2, 0.25) is 0 Å². The number of nitrogens with one attached hydrogen (secondary N) is 1. The molecule has 4 rings (SSSR count). The fourth-order valence-corrected chi connectivity index (χ4v) is 3.81. The van der Waals surface area contributed by atoms with E-state index in [9.17, 15) is 0 Å². The highest BCUT2D eigenvalue weighted by Gasteiger charge is 2.47. The van der Waals surface area contributed by atoms with Gasteiger partial charge in [0.05, 0.1) is 7.11 Å². The fraction of sp³-hybridized carbons (Fsp3) is 0.471. The maximum atomic E-state index is 5.61. The first-order valence-corrected chi connectivity index (χ1v) is 7.50. The van der Waals surface area contributed by atoms with Gasteiger partial charge in [0.25, 0.3) is 0 Å². The minimum absolute atomic E-state index is 0.512. The summed E-state index contributed by atoms with van der Waals surface area (Å²) in [6.45, 7) is 0. The molecule has 0 unspecified atom stereocenters. The second-order valence-electron chi connectivity index (χ2n) is 6.12. The molecule has 2 aliphatic carbocycles. The Balaban J connectivity index is 1.82. The van der Waals surface area contributed by atoms with Crippen molar-refractivity contribution in [3.05, 3.63) is 47.0 Å². The molecule has 1 spiro atoms. The van der Waals surface area contributed by atoms with Gasteiger partial charge in [-0.25, -0.2) is 4.98 Å². The molecule has 1 fully saturated rings. The molecular weight excluding hydrogens is 248 g/mol. The van der Waals surface area contributed by atoms with E-state index in [1.54, 1.807) is 12.7 Å². The van der Waals surface area contributed by atoms with Gasteiger partial charge in [0.15, 0.2) is 0 Å². The Labute approximate surface area is 119 Å². The maximum absolute atomic E-state index is 5.61. The summed E-state index contributed by atoms with van der Waals surface area (Å²) in [4.78, 5) is 7.59. The second-order valence-corrected chi connectivity index (χ2v) is 6.12. The van der Waals surface area contributed by atoms with Crippen molar-refractivity contribution in [2.45, 2.75) is 43.9 Å². The molecular formula is C17H20N2O. The SMILES string of the molecule is COc1ccc2c(c1Cc1ncc[nH]1)CCCC21CC1. The molecule has 1 heterocycles. The number of benzene rings is 1. The molecule has 1 saturated carbocycles. The lowest BCUT2D eigenvalue weighted by molar-refractivity contribution is 0.407. The zero-order chi connectivity index (χ0) is 13.6. The minimum Gasteiger partial charge on any atom is -0.496 e. The summed E-state index contributed by atoms with van der Waals surface area (Å²) in [5.74, 6) is 2.03. The Kier molecular flexibility index (Phi) is 2.62. The van der Waals surface area contributed by atoms with Crippen molar-refractivity contribution in [2.24, 2.45) is 0 Å². The van der Waals surface area contributed by atoms with Crippen LogP contribution in [0.4, 0.5) is 0 Å². The van der Waals surface area contributed by atoms with Crippen molar-refractivity contribution in [3.63, 3.8) is 0 Å². The number of ether oxygens (including phenoxy) is 1. The van der Waals surface area contributed by atoms with E-state index in [0.717, 1.165) is 18.0 Å². The summed E-state index contributed by atoms with van der Waals surface area (Å²) in [6.07, 6.45) is 11.1. The van der Waals surface area contributed by atoms with E-state index < -0.39 is 0 Å². The molecule has 3 heteroatoms. The van der Waals surface area contributed by atoms with Gasteiger partial charge in [0.1, 0.15) is 11.6 Å². The average Bonchev–Trinajstić information content (AvgIpc) is 3.04. The number of rotatable bonds is 3. The average molecular weight is 268 g/mol. The highest BCUT2D eigenvalue weighted by Crippen LogP contribution is 2.56. The van der Waals surface area contributed by atoms with Crippen LogP contribution < -0.4 is 4.74 Å². The molecule has 0 bridgehead atoms. The Morgan fingerprint density at radius 3 is 2.90 bits per heavy atom. The van der Waals surface area contributed by atoms with Crippen LogP contribution in [0.5, 0.6) is 5.75 Å². The Hall–Kier alpha value is -1.77. The van der Waals surface area contributed by atoms with Gasteiger partial charge in [0, 0.05) is 24.4 Å². The first-order chi connectivity index (χ1) is 9.82. The number of aromatic nitrogens is 2. The van der Waals surface area contributed by atoms with E-state index in [0.29, 0.717) is 5.41 Å². The molecule has 1 aromatic carbocycles. The Morgan fingerprint density at radius 2 is 2.20 bits per heavy atom. The van der Waals surface area contributed by atoms with E-state index in [-0.39, 0.29) is 0 Å². The van der Waals surface area contributed by atoms with Gasteiger partial charge >= 0.3 is 0 Å². The molecule has 1 N–H and O–H groups in total. The zero-order valence-corrected chi connectivity index (χ0v) is 11.9. The number of hydrogen-bond acceptors (Lipinski definition) is 2. The molecule has 3 nitrogen and oxygen atoms in total. The predicted molar refractivity (Wildman–Crippen MR) is 78.2 cm³/mol. The van der Waals surface area contributed by atoms with E-state index in [1.165, 1.54) is 43.2 Å². The van der Waals surface area contributed by atoms with Crippen molar-refractivity contribution < 1.29 is 4.74 Å². The number of imidazole rings is 1. The Morgan fingerprint density at radius 1 is 1.30 bits per heavy atom. The smallest absolute Gasteiger partial charge is 0.122 e. The van der Waals surface area contributed by atoms with Gasteiger partial charge in [-0.05, 0) is 54.7 Å². The fourth-order valence-electron chi connectivity index (χ4n) is 3.81. The molecule has 0 aliphatic heterocycles. The summed E-state index contributed by atoms with van der Waals surface area (Å²) in [5.41, 5.74) is 4.97. The van der Waals surface area contributed by atoms with Gasteiger partial charge in [0.2, 0.25) is 0 Å². The van der Waals surface area contributed by atoms with Crippen molar-refractivity contribution in [1.29, 1.82) is 0 Å². The number of methoxy groups -OCH3 is 1. The molecule has 20 heavy (non-hydrogen) atoms. The van der Waals surface area contributed by atoms with Gasteiger partial charge in [-0.3, -0.25) is 0 Å². The topological polar surface area (TPSA) is 37.9 Å². The number of nitrogens with zero attached hydrogens (tertiary/aromatic N) is 1. The molecule has 0 saturated heterocycles. The Bertz CT molecular complexity index is 627. The largest absolute Gasteiger partial charge is 0.496 e. The molecule has 0 amide bonds. The molecule has 1 aromatic heterocycles. The predicted octanol–water partition coefficient (Wildman–Crippen LogP) is 3.38. The normalized spacial score (nSPS) is 18.9. The third-order valence-electron chi connectivity index (χ3n) is 5.01. The van der Waals surface area contributed by atoms with Gasteiger partial charge in [-0.1, -0.05) is 6.07 Å². The molecule has 2 aliphatic rings. The van der Waals surface area contributed by atoms with E-state index in [2.05, 4.69) is 22.1 Å². The summed E-state index contributed by atoms with van der Waals surface area (Å²) in [5, 5.41) is 0. The van der Waals surface area contributed by atoms with Gasteiger partial charge in [-0.2, -0.15) is 0 Å². The number of fused-ring (bicyclic) bond motifs is 2. The van der Waals surface area contributed by atoms with Gasteiger partial charge in [-0.15, -0.1) is 0 Å². The lowest BCUT2D eigenvalue weighted by Crippen LogP contribution is -2.18. The van der Waals surface area contributed by atoms with Crippen LogP contribution in [-0.4, -0.2) is 17.1 Å². The third-order valence-corrected chi connectivity index (χ3v) is 5.01. The van der Waals surface area contributed by atoms with Crippen LogP contribution in [0.1, 0.15) is 48.2 Å². The third kappa shape index (κ3) is 1.76. The van der Waals surface area contributed by atoms with Crippen LogP contribution >= 0.6 is 0 Å². The summed E-state index contributed by atoms with van der Waals surface area (Å²) in [6, 6.07) is 4.47. The van der Waals surface area contributed by atoms with Crippen molar-refractivity contribution in [1.82, 2.24) is 9.97 Å². The van der Waals surface area contributed by atoms with E-state index in [4.69, 9.17) is 4.74 Å². The zero-order valence-electron chi connectivity index (χ0n) is 11.9. The van der Waals surface area contributed by atoms with Crippen molar-refractivity contribution in [2.75, 3.05) is 7.11 Å². The first kappa shape index (κ1) is 12.0. The van der Waals surface area contributed by atoms with Crippen LogP contribution in [0.15, 0.2) is 24.5 Å².